The lowest BCUT2D eigenvalue weighted by Crippen LogP contribution is -2.17. The van der Waals surface area contributed by atoms with E-state index in [1.165, 1.54) is 35.6 Å². The van der Waals surface area contributed by atoms with E-state index in [4.69, 9.17) is 0 Å². The maximum atomic E-state index is 13.2. The Labute approximate surface area is 155 Å². The van der Waals surface area contributed by atoms with Crippen molar-refractivity contribution in [2.24, 2.45) is 4.40 Å². The van der Waals surface area contributed by atoms with Gasteiger partial charge in [-0.2, -0.15) is 8.42 Å². The minimum atomic E-state index is -3.83. The molecule has 0 fully saturated rings. The van der Waals surface area contributed by atoms with Crippen molar-refractivity contribution in [3.8, 4) is 10.4 Å². The molecule has 0 spiro atoms. The van der Waals surface area contributed by atoms with Crippen molar-refractivity contribution in [1.29, 1.82) is 0 Å². The van der Waals surface area contributed by atoms with Gasteiger partial charge in [-0.25, -0.2) is 4.39 Å². The summed E-state index contributed by atoms with van der Waals surface area (Å²) in [7, 11) is -3.83. The summed E-state index contributed by atoms with van der Waals surface area (Å²) >= 11 is 1.25. The van der Waals surface area contributed by atoms with Gasteiger partial charge >= 0.3 is 0 Å². The van der Waals surface area contributed by atoms with Crippen molar-refractivity contribution in [1.82, 2.24) is 4.57 Å². The minimum Gasteiger partial charge on any atom is -0.316 e. The number of aromatic nitrogens is 1. The topological polar surface area (TPSA) is 51.4 Å². The molecule has 26 heavy (non-hydrogen) atoms. The van der Waals surface area contributed by atoms with Gasteiger partial charge in [0.05, 0.1) is 9.77 Å². The quantitative estimate of drug-likeness (QED) is 0.617. The van der Waals surface area contributed by atoms with E-state index in [9.17, 15) is 12.8 Å². The van der Waals surface area contributed by atoms with Gasteiger partial charge in [-0.15, -0.1) is 11.0 Å². The molecule has 0 aliphatic rings. The molecule has 0 unspecified atom stereocenters. The summed E-state index contributed by atoms with van der Waals surface area (Å²) in [6.07, 6.45) is 1.68. The van der Waals surface area contributed by atoms with Gasteiger partial charge in [0.1, 0.15) is 5.82 Å². The van der Waals surface area contributed by atoms with E-state index in [2.05, 4.69) is 11.0 Å². The van der Waals surface area contributed by atoms with Gasteiger partial charge in [-0.1, -0.05) is 47.7 Å². The van der Waals surface area contributed by atoms with Crippen LogP contribution in [0.25, 0.3) is 10.4 Å². The molecule has 0 bridgehead atoms. The zero-order valence-corrected chi connectivity index (χ0v) is 15.7. The SMILES string of the molecule is C=CCn1c(C)c(-c2ccc(F)cc2)sc1=NS(=O)(=O)c1ccccc1. The minimum absolute atomic E-state index is 0.138. The summed E-state index contributed by atoms with van der Waals surface area (Å²) in [4.78, 5) is 1.33. The van der Waals surface area contributed by atoms with E-state index < -0.39 is 10.0 Å². The number of benzene rings is 2. The number of allylic oxidation sites excluding steroid dienone is 1. The number of halogens is 1. The van der Waals surface area contributed by atoms with Crippen molar-refractivity contribution in [2.75, 3.05) is 0 Å². The van der Waals surface area contributed by atoms with Crippen LogP contribution in [0.3, 0.4) is 0 Å². The number of rotatable bonds is 5. The molecule has 0 aliphatic heterocycles. The van der Waals surface area contributed by atoms with E-state index in [0.717, 1.165) is 16.1 Å². The van der Waals surface area contributed by atoms with E-state index in [1.807, 2.05) is 6.92 Å². The first-order chi connectivity index (χ1) is 12.4. The van der Waals surface area contributed by atoms with E-state index >= 15 is 0 Å². The van der Waals surface area contributed by atoms with Crippen molar-refractivity contribution >= 4 is 21.4 Å². The maximum absolute atomic E-state index is 13.2. The van der Waals surface area contributed by atoms with Crippen LogP contribution in [0, 0.1) is 12.7 Å². The summed E-state index contributed by atoms with van der Waals surface area (Å²) in [6, 6.07) is 14.2. The predicted octanol–water partition coefficient (Wildman–Crippen LogP) is 4.14. The Morgan fingerprint density at radius 1 is 1.15 bits per heavy atom. The van der Waals surface area contributed by atoms with Gasteiger partial charge in [0.2, 0.25) is 4.80 Å². The lowest BCUT2D eigenvalue weighted by atomic mass is 10.1. The summed E-state index contributed by atoms with van der Waals surface area (Å²) in [6.45, 7) is 6.03. The molecule has 1 aromatic heterocycles. The molecule has 0 aliphatic carbocycles. The maximum Gasteiger partial charge on any atom is 0.285 e. The molecule has 0 N–H and O–H groups in total. The summed E-state index contributed by atoms with van der Waals surface area (Å²) in [5.41, 5.74) is 1.66. The third kappa shape index (κ3) is 3.68. The molecule has 0 radical (unpaired) electrons. The summed E-state index contributed by atoms with van der Waals surface area (Å²) in [5, 5.41) is 0. The fourth-order valence-electron chi connectivity index (χ4n) is 2.52. The molecular weight excluding hydrogens is 371 g/mol. The first-order valence-electron chi connectivity index (χ1n) is 7.85. The Bertz CT molecular complexity index is 1100. The molecule has 134 valence electrons. The number of hydrogen-bond donors (Lipinski definition) is 0. The zero-order valence-electron chi connectivity index (χ0n) is 14.1. The Morgan fingerprint density at radius 2 is 1.81 bits per heavy atom. The second kappa shape index (κ2) is 7.39. The number of nitrogens with zero attached hydrogens (tertiary/aromatic N) is 2. The summed E-state index contributed by atoms with van der Waals surface area (Å²) < 4.78 is 44.3. The Hall–Kier alpha value is -2.51. The molecule has 1 heterocycles. The van der Waals surface area contributed by atoms with Gasteiger partial charge < -0.3 is 4.57 Å². The molecule has 3 rings (SSSR count). The van der Waals surface area contributed by atoms with Crippen LogP contribution in [0.5, 0.6) is 0 Å². The smallest absolute Gasteiger partial charge is 0.285 e. The van der Waals surface area contributed by atoms with E-state index in [1.54, 1.807) is 41.0 Å². The fraction of sp³-hybridized carbons (Fsp3) is 0.105. The zero-order chi connectivity index (χ0) is 18.7. The summed E-state index contributed by atoms with van der Waals surface area (Å²) in [5.74, 6) is -0.321. The van der Waals surface area contributed by atoms with E-state index in [0.29, 0.717) is 11.3 Å². The fourth-order valence-corrected chi connectivity index (χ4v) is 4.89. The molecule has 4 nitrogen and oxygen atoms in total. The predicted molar refractivity (Wildman–Crippen MR) is 102 cm³/mol. The van der Waals surface area contributed by atoms with Gasteiger partial charge in [0.15, 0.2) is 0 Å². The Balaban J connectivity index is 2.19. The highest BCUT2D eigenvalue weighted by Crippen LogP contribution is 2.27. The van der Waals surface area contributed by atoms with Crippen LogP contribution in [0.15, 0.2) is 76.5 Å². The highest BCUT2D eigenvalue weighted by atomic mass is 32.2. The highest BCUT2D eigenvalue weighted by molar-refractivity contribution is 7.90. The molecule has 3 aromatic rings. The second-order valence-corrected chi connectivity index (χ2v) is 8.17. The third-order valence-electron chi connectivity index (χ3n) is 3.82. The van der Waals surface area contributed by atoms with Crippen molar-refractivity contribution in [3.63, 3.8) is 0 Å². The molecule has 2 aromatic carbocycles. The lowest BCUT2D eigenvalue weighted by Gasteiger charge is -2.04. The van der Waals surface area contributed by atoms with Crippen LogP contribution in [-0.2, 0) is 16.6 Å². The third-order valence-corrected chi connectivity index (χ3v) is 6.44. The van der Waals surface area contributed by atoms with Crippen LogP contribution in [0.2, 0.25) is 0 Å². The average molecular weight is 388 g/mol. The molecule has 0 atom stereocenters. The van der Waals surface area contributed by atoms with E-state index in [-0.39, 0.29) is 10.7 Å². The Kier molecular flexibility index (Phi) is 5.20. The van der Waals surface area contributed by atoms with Gasteiger partial charge in [-0.3, -0.25) is 0 Å². The van der Waals surface area contributed by atoms with Crippen molar-refractivity contribution in [2.45, 2.75) is 18.4 Å². The van der Waals surface area contributed by atoms with Crippen LogP contribution in [0.1, 0.15) is 5.69 Å². The van der Waals surface area contributed by atoms with Crippen molar-refractivity contribution < 1.29 is 12.8 Å². The molecule has 0 saturated carbocycles. The normalized spacial score (nSPS) is 12.3. The molecular formula is C19H17FN2O2S2. The number of thiazole rings is 1. The van der Waals surface area contributed by atoms with Crippen LogP contribution >= 0.6 is 11.3 Å². The lowest BCUT2D eigenvalue weighted by molar-refractivity contribution is 0.595. The molecule has 0 saturated heterocycles. The second-order valence-electron chi connectivity index (χ2n) is 5.58. The number of sulfonamides is 1. The highest BCUT2D eigenvalue weighted by Gasteiger charge is 2.16. The number of hydrogen-bond acceptors (Lipinski definition) is 3. The van der Waals surface area contributed by atoms with Crippen LogP contribution < -0.4 is 4.80 Å². The first-order valence-corrected chi connectivity index (χ1v) is 10.1. The average Bonchev–Trinajstić information content (AvgIpc) is 2.92. The first kappa shape index (κ1) is 18.3. The standard InChI is InChI=1S/C19H17FN2O2S2/c1-3-13-22-14(2)18(15-9-11-16(20)12-10-15)25-19(22)21-26(23,24)17-7-5-4-6-8-17/h3-12H,1,13H2,2H3. The molecule has 0 amide bonds. The largest absolute Gasteiger partial charge is 0.316 e. The molecule has 7 heteroatoms. The monoisotopic (exact) mass is 388 g/mol. The van der Waals surface area contributed by atoms with Gasteiger partial charge in [0.25, 0.3) is 10.0 Å². The van der Waals surface area contributed by atoms with Crippen LogP contribution in [-0.4, -0.2) is 13.0 Å². The Morgan fingerprint density at radius 3 is 2.42 bits per heavy atom. The van der Waals surface area contributed by atoms with Crippen LogP contribution in [0.4, 0.5) is 4.39 Å². The van der Waals surface area contributed by atoms with Gasteiger partial charge in [-0.05, 0) is 36.8 Å². The van der Waals surface area contributed by atoms with Crippen molar-refractivity contribution in [3.05, 3.63) is 83.6 Å². The van der Waals surface area contributed by atoms with Gasteiger partial charge in [0, 0.05) is 12.2 Å².